The standard InChI is InChI=1S/C18H20BrClO4/c1-2-22-15-4-6-16(7-5-15)23-11-9-21-10-12-24-18-8-3-14(20)13-17(18)19/h3-8,13H,2,9-12H2,1H3. The van der Waals surface area contributed by atoms with Crippen molar-refractivity contribution in [1.82, 2.24) is 0 Å². The van der Waals surface area contributed by atoms with Crippen LogP contribution < -0.4 is 14.2 Å². The molecule has 2 aromatic rings. The molecule has 24 heavy (non-hydrogen) atoms. The maximum absolute atomic E-state index is 5.88. The van der Waals surface area contributed by atoms with Crippen molar-refractivity contribution in [3.05, 3.63) is 52.0 Å². The molecular weight excluding hydrogens is 396 g/mol. The first kappa shape index (κ1) is 18.9. The van der Waals surface area contributed by atoms with Crippen LogP contribution in [0.1, 0.15) is 6.92 Å². The highest BCUT2D eigenvalue weighted by molar-refractivity contribution is 9.10. The van der Waals surface area contributed by atoms with Crippen LogP contribution in [0.4, 0.5) is 0 Å². The first-order valence-corrected chi connectivity index (χ1v) is 8.87. The van der Waals surface area contributed by atoms with Crippen molar-refractivity contribution in [2.24, 2.45) is 0 Å². The van der Waals surface area contributed by atoms with Crippen molar-refractivity contribution in [3.8, 4) is 17.2 Å². The molecule has 2 aromatic carbocycles. The predicted octanol–water partition coefficient (Wildman–Crippen LogP) is 4.98. The van der Waals surface area contributed by atoms with Crippen molar-refractivity contribution in [2.45, 2.75) is 6.92 Å². The molecule has 0 aromatic heterocycles. The Morgan fingerprint density at radius 3 is 2.08 bits per heavy atom. The molecule has 6 heteroatoms. The smallest absolute Gasteiger partial charge is 0.133 e. The van der Waals surface area contributed by atoms with Crippen LogP contribution in [-0.4, -0.2) is 33.0 Å². The molecule has 0 aliphatic rings. The lowest BCUT2D eigenvalue weighted by molar-refractivity contribution is 0.0762. The lowest BCUT2D eigenvalue weighted by Gasteiger charge is -2.10. The summed E-state index contributed by atoms with van der Waals surface area (Å²) in [6.45, 7) is 4.54. The monoisotopic (exact) mass is 414 g/mol. The average Bonchev–Trinajstić information content (AvgIpc) is 2.57. The van der Waals surface area contributed by atoms with Gasteiger partial charge in [-0.15, -0.1) is 0 Å². The summed E-state index contributed by atoms with van der Waals surface area (Å²) in [6, 6.07) is 12.9. The third kappa shape index (κ3) is 6.59. The minimum Gasteiger partial charge on any atom is -0.494 e. The van der Waals surface area contributed by atoms with Crippen molar-refractivity contribution < 1.29 is 18.9 Å². The molecule has 2 rings (SSSR count). The highest BCUT2D eigenvalue weighted by atomic mass is 79.9. The summed E-state index contributed by atoms with van der Waals surface area (Å²) in [5, 5.41) is 0.664. The van der Waals surface area contributed by atoms with Crippen LogP contribution in [0.15, 0.2) is 46.9 Å². The van der Waals surface area contributed by atoms with Crippen LogP contribution in [0.2, 0.25) is 5.02 Å². The van der Waals surface area contributed by atoms with E-state index in [-0.39, 0.29) is 0 Å². The van der Waals surface area contributed by atoms with Gasteiger partial charge in [0.2, 0.25) is 0 Å². The molecule has 0 saturated heterocycles. The minimum atomic E-state index is 0.462. The SMILES string of the molecule is CCOc1ccc(OCCOCCOc2ccc(Cl)cc2Br)cc1. The third-order valence-electron chi connectivity index (χ3n) is 3.01. The van der Waals surface area contributed by atoms with E-state index < -0.39 is 0 Å². The highest BCUT2D eigenvalue weighted by Crippen LogP contribution is 2.27. The van der Waals surface area contributed by atoms with Crippen LogP contribution in [-0.2, 0) is 4.74 Å². The van der Waals surface area contributed by atoms with Gasteiger partial charge in [-0.1, -0.05) is 11.6 Å². The Bertz CT molecular complexity index is 619. The van der Waals surface area contributed by atoms with E-state index in [1.54, 1.807) is 12.1 Å². The van der Waals surface area contributed by atoms with E-state index in [0.717, 1.165) is 21.7 Å². The third-order valence-corrected chi connectivity index (χ3v) is 3.87. The fourth-order valence-electron chi connectivity index (χ4n) is 1.92. The van der Waals surface area contributed by atoms with Gasteiger partial charge in [0.1, 0.15) is 30.5 Å². The van der Waals surface area contributed by atoms with Crippen molar-refractivity contribution in [3.63, 3.8) is 0 Å². The van der Waals surface area contributed by atoms with Crippen LogP contribution in [0.3, 0.4) is 0 Å². The Morgan fingerprint density at radius 1 is 0.833 bits per heavy atom. The molecule has 0 aliphatic carbocycles. The van der Waals surface area contributed by atoms with Gasteiger partial charge in [0.15, 0.2) is 0 Å². The van der Waals surface area contributed by atoms with Gasteiger partial charge in [0, 0.05) is 5.02 Å². The topological polar surface area (TPSA) is 36.9 Å². The Labute approximate surface area is 155 Å². The summed E-state index contributed by atoms with van der Waals surface area (Å²) in [5.74, 6) is 2.38. The van der Waals surface area contributed by atoms with Gasteiger partial charge in [-0.05, 0) is 65.3 Å². The second-order valence-corrected chi connectivity index (χ2v) is 6.08. The molecule has 0 amide bonds. The van der Waals surface area contributed by atoms with Gasteiger partial charge < -0.3 is 18.9 Å². The van der Waals surface area contributed by atoms with E-state index in [2.05, 4.69) is 15.9 Å². The summed E-state index contributed by atoms with van der Waals surface area (Å²) in [7, 11) is 0. The Morgan fingerprint density at radius 2 is 1.46 bits per heavy atom. The van der Waals surface area contributed by atoms with E-state index in [1.165, 1.54) is 0 Å². The van der Waals surface area contributed by atoms with Crippen LogP contribution >= 0.6 is 27.5 Å². The van der Waals surface area contributed by atoms with Crippen molar-refractivity contribution >= 4 is 27.5 Å². The Balaban J connectivity index is 1.56. The molecule has 0 fully saturated rings. The fourth-order valence-corrected chi connectivity index (χ4v) is 2.72. The van der Waals surface area contributed by atoms with Crippen molar-refractivity contribution in [1.29, 1.82) is 0 Å². The molecular formula is C18H20BrClO4. The van der Waals surface area contributed by atoms with E-state index >= 15 is 0 Å². The number of hydrogen-bond acceptors (Lipinski definition) is 4. The quantitative estimate of drug-likeness (QED) is 0.513. The number of ether oxygens (including phenoxy) is 4. The van der Waals surface area contributed by atoms with Gasteiger partial charge >= 0.3 is 0 Å². The molecule has 130 valence electrons. The van der Waals surface area contributed by atoms with Gasteiger partial charge in [-0.2, -0.15) is 0 Å². The minimum absolute atomic E-state index is 0.462. The number of rotatable bonds is 10. The summed E-state index contributed by atoms with van der Waals surface area (Å²) in [4.78, 5) is 0. The molecule has 0 aliphatic heterocycles. The van der Waals surface area contributed by atoms with Gasteiger partial charge in [-0.3, -0.25) is 0 Å². The summed E-state index contributed by atoms with van der Waals surface area (Å²) in [6.07, 6.45) is 0. The van der Waals surface area contributed by atoms with Crippen LogP contribution in [0.5, 0.6) is 17.2 Å². The molecule has 4 nitrogen and oxygen atoms in total. The van der Waals surface area contributed by atoms with E-state index in [9.17, 15) is 0 Å². The van der Waals surface area contributed by atoms with E-state index in [0.29, 0.717) is 38.1 Å². The molecule has 0 N–H and O–H groups in total. The van der Waals surface area contributed by atoms with Gasteiger partial charge in [0.25, 0.3) is 0 Å². The molecule has 0 unspecified atom stereocenters. The van der Waals surface area contributed by atoms with E-state index in [4.69, 9.17) is 30.5 Å². The van der Waals surface area contributed by atoms with Crippen LogP contribution in [0, 0.1) is 0 Å². The molecule has 0 atom stereocenters. The Hall–Kier alpha value is -1.43. The zero-order valence-corrected chi connectivity index (χ0v) is 15.8. The Kier molecular flexibility index (Phi) is 8.22. The summed E-state index contributed by atoms with van der Waals surface area (Å²) in [5.41, 5.74) is 0. The molecule has 0 radical (unpaired) electrons. The maximum atomic E-state index is 5.88. The molecule has 0 saturated carbocycles. The van der Waals surface area contributed by atoms with E-state index in [1.807, 2.05) is 37.3 Å². The van der Waals surface area contributed by atoms with Gasteiger partial charge in [0.05, 0.1) is 24.3 Å². The van der Waals surface area contributed by atoms with Gasteiger partial charge in [-0.25, -0.2) is 0 Å². The number of benzene rings is 2. The number of hydrogen-bond donors (Lipinski definition) is 0. The highest BCUT2D eigenvalue weighted by Gasteiger charge is 2.01. The number of halogens is 2. The zero-order chi connectivity index (χ0) is 17.2. The van der Waals surface area contributed by atoms with Crippen molar-refractivity contribution in [2.75, 3.05) is 33.0 Å². The molecule has 0 spiro atoms. The summed E-state index contributed by atoms with van der Waals surface area (Å²) < 4.78 is 22.9. The maximum Gasteiger partial charge on any atom is 0.133 e. The molecule has 0 bridgehead atoms. The first-order chi connectivity index (χ1) is 11.7. The average molecular weight is 416 g/mol. The second-order valence-electron chi connectivity index (χ2n) is 4.79. The fraction of sp³-hybridized carbons (Fsp3) is 0.333. The largest absolute Gasteiger partial charge is 0.494 e. The first-order valence-electron chi connectivity index (χ1n) is 7.70. The van der Waals surface area contributed by atoms with Crippen LogP contribution in [0.25, 0.3) is 0 Å². The second kappa shape index (κ2) is 10.4. The normalized spacial score (nSPS) is 10.5. The molecule has 0 heterocycles. The predicted molar refractivity (Wildman–Crippen MR) is 98.6 cm³/mol. The summed E-state index contributed by atoms with van der Waals surface area (Å²) >= 11 is 9.28. The lowest BCUT2D eigenvalue weighted by atomic mass is 10.3. The lowest BCUT2D eigenvalue weighted by Crippen LogP contribution is -2.12. The zero-order valence-electron chi connectivity index (χ0n) is 13.5.